The first-order chi connectivity index (χ1) is 10.6. The van der Waals surface area contributed by atoms with Crippen molar-refractivity contribution in [2.75, 3.05) is 12.3 Å². The molecule has 0 saturated carbocycles. The first-order valence-corrected chi connectivity index (χ1v) is 7.90. The molecule has 0 saturated heterocycles. The molecule has 0 bridgehead atoms. The summed E-state index contributed by atoms with van der Waals surface area (Å²) in [6.07, 6.45) is 2.48. The lowest BCUT2D eigenvalue weighted by atomic mass is 10.1. The summed E-state index contributed by atoms with van der Waals surface area (Å²) in [7, 11) is 0. The van der Waals surface area contributed by atoms with Gasteiger partial charge in [0.05, 0.1) is 34.5 Å². The second-order valence-corrected chi connectivity index (χ2v) is 6.56. The maximum atomic E-state index is 12.8. The normalized spacial score (nSPS) is 14.3. The fraction of sp³-hybridized carbons (Fsp3) is 0.267. The number of carbonyl (C=O) groups is 1. The minimum absolute atomic E-state index is 0.0391. The predicted molar refractivity (Wildman–Crippen MR) is 85.8 cm³/mol. The summed E-state index contributed by atoms with van der Waals surface area (Å²) in [6, 6.07) is 3.79. The van der Waals surface area contributed by atoms with Crippen LogP contribution in [-0.2, 0) is 13.0 Å². The zero-order chi connectivity index (χ0) is 15.3. The number of thiazole rings is 1. The van der Waals surface area contributed by atoms with Crippen LogP contribution in [0.1, 0.15) is 27.3 Å². The maximum Gasteiger partial charge on any atom is 0.254 e. The maximum absolute atomic E-state index is 12.8. The molecule has 7 heteroatoms. The van der Waals surface area contributed by atoms with E-state index in [1.807, 2.05) is 24.0 Å². The fourth-order valence-electron chi connectivity index (χ4n) is 2.91. The van der Waals surface area contributed by atoms with Gasteiger partial charge in [-0.05, 0) is 24.6 Å². The Kier molecular flexibility index (Phi) is 2.90. The van der Waals surface area contributed by atoms with Crippen molar-refractivity contribution in [3.63, 3.8) is 0 Å². The number of hydrogen-bond donors (Lipinski definition) is 2. The number of nitrogens with two attached hydrogens (primary N) is 1. The molecule has 112 valence electrons. The number of aromatic nitrogens is 3. The number of imidazole rings is 1. The Balaban J connectivity index is 1.68. The van der Waals surface area contributed by atoms with Crippen LogP contribution in [0.4, 0.5) is 5.13 Å². The Morgan fingerprint density at radius 3 is 3.18 bits per heavy atom. The Hall–Kier alpha value is -2.41. The van der Waals surface area contributed by atoms with E-state index in [1.165, 1.54) is 11.3 Å². The molecule has 4 rings (SSSR count). The molecule has 0 unspecified atom stereocenters. The number of anilines is 1. The number of hydrogen-bond acceptors (Lipinski definition) is 5. The zero-order valence-corrected chi connectivity index (χ0v) is 12.9. The fourth-order valence-corrected chi connectivity index (χ4v) is 3.76. The summed E-state index contributed by atoms with van der Waals surface area (Å²) in [5.41, 5.74) is 10.4. The van der Waals surface area contributed by atoms with Crippen molar-refractivity contribution in [1.29, 1.82) is 0 Å². The van der Waals surface area contributed by atoms with Gasteiger partial charge in [-0.3, -0.25) is 4.79 Å². The third-order valence-corrected chi connectivity index (χ3v) is 4.84. The third kappa shape index (κ3) is 2.05. The van der Waals surface area contributed by atoms with Gasteiger partial charge in [-0.25, -0.2) is 9.97 Å². The second kappa shape index (κ2) is 4.81. The highest BCUT2D eigenvalue weighted by Crippen LogP contribution is 2.28. The van der Waals surface area contributed by atoms with Crippen molar-refractivity contribution in [2.24, 2.45) is 0 Å². The average molecular weight is 313 g/mol. The van der Waals surface area contributed by atoms with E-state index in [9.17, 15) is 4.79 Å². The van der Waals surface area contributed by atoms with Crippen LogP contribution in [0.25, 0.3) is 10.2 Å². The highest BCUT2D eigenvalue weighted by molar-refractivity contribution is 7.22. The van der Waals surface area contributed by atoms with Gasteiger partial charge in [-0.2, -0.15) is 0 Å². The zero-order valence-electron chi connectivity index (χ0n) is 12.1. The van der Waals surface area contributed by atoms with Gasteiger partial charge in [0.2, 0.25) is 0 Å². The number of aromatic amines is 1. The first-order valence-electron chi connectivity index (χ1n) is 7.09. The van der Waals surface area contributed by atoms with Crippen molar-refractivity contribution >= 4 is 32.6 Å². The van der Waals surface area contributed by atoms with Crippen molar-refractivity contribution in [3.8, 4) is 0 Å². The molecule has 3 aromatic rings. The van der Waals surface area contributed by atoms with Crippen LogP contribution in [0.15, 0.2) is 18.5 Å². The number of benzene rings is 1. The van der Waals surface area contributed by atoms with Crippen LogP contribution in [0.5, 0.6) is 0 Å². The Labute approximate surface area is 131 Å². The molecule has 0 radical (unpaired) electrons. The molecule has 6 nitrogen and oxygen atoms in total. The number of amides is 1. The van der Waals surface area contributed by atoms with Crippen LogP contribution in [-0.4, -0.2) is 32.3 Å². The van der Waals surface area contributed by atoms with E-state index in [4.69, 9.17) is 5.73 Å². The highest BCUT2D eigenvalue weighted by atomic mass is 32.1. The number of carbonyl (C=O) groups excluding carboxylic acids is 1. The number of nitrogen functional groups attached to an aromatic ring is 1. The van der Waals surface area contributed by atoms with Gasteiger partial charge in [0.15, 0.2) is 5.13 Å². The summed E-state index contributed by atoms with van der Waals surface area (Å²) in [5.74, 6) is 0.0391. The van der Waals surface area contributed by atoms with E-state index in [0.717, 1.165) is 33.6 Å². The molecular formula is C15H15N5OS. The van der Waals surface area contributed by atoms with Crippen LogP contribution >= 0.6 is 11.3 Å². The minimum atomic E-state index is 0.0391. The van der Waals surface area contributed by atoms with E-state index in [1.54, 1.807) is 6.33 Å². The van der Waals surface area contributed by atoms with Crippen LogP contribution < -0.4 is 5.73 Å². The van der Waals surface area contributed by atoms with E-state index in [-0.39, 0.29) is 5.91 Å². The first kappa shape index (κ1) is 13.3. The average Bonchev–Trinajstić information content (AvgIpc) is 3.11. The molecule has 0 spiro atoms. The summed E-state index contributed by atoms with van der Waals surface area (Å²) < 4.78 is 0.958. The molecule has 0 atom stereocenters. The molecule has 2 aromatic heterocycles. The van der Waals surface area contributed by atoms with Crippen molar-refractivity contribution in [2.45, 2.75) is 19.9 Å². The van der Waals surface area contributed by atoms with E-state index >= 15 is 0 Å². The number of rotatable bonds is 1. The number of H-pyrrole nitrogens is 1. The molecular weight excluding hydrogens is 298 g/mol. The molecule has 1 aliphatic rings. The lowest BCUT2D eigenvalue weighted by molar-refractivity contribution is 0.0732. The standard InChI is InChI=1S/C15H15N5OS/c1-8-4-9(5-12-13(8)19-15(16)22-12)14(21)20-3-2-10-11(6-20)18-7-17-10/h4-5,7H,2-3,6H2,1H3,(H2,16,19)(H,17,18). The Morgan fingerprint density at radius 2 is 2.32 bits per heavy atom. The summed E-state index contributed by atoms with van der Waals surface area (Å²) in [6.45, 7) is 3.23. The molecule has 3 heterocycles. The van der Waals surface area contributed by atoms with Gasteiger partial charge in [-0.1, -0.05) is 11.3 Å². The van der Waals surface area contributed by atoms with Crippen molar-refractivity contribution < 1.29 is 4.79 Å². The second-order valence-electron chi connectivity index (χ2n) is 5.50. The van der Waals surface area contributed by atoms with Crippen molar-refractivity contribution in [1.82, 2.24) is 19.9 Å². The van der Waals surface area contributed by atoms with Gasteiger partial charge in [-0.15, -0.1) is 0 Å². The minimum Gasteiger partial charge on any atom is -0.375 e. The molecule has 3 N–H and O–H groups in total. The molecule has 1 amide bonds. The summed E-state index contributed by atoms with van der Waals surface area (Å²) >= 11 is 1.41. The SMILES string of the molecule is Cc1cc(C(=O)N2CCc3nc[nH]c3C2)cc2sc(N)nc12. The number of nitrogens with zero attached hydrogens (tertiary/aromatic N) is 3. The van der Waals surface area contributed by atoms with E-state index in [2.05, 4.69) is 15.0 Å². The Morgan fingerprint density at radius 1 is 1.45 bits per heavy atom. The monoisotopic (exact) mass is 313 g/mol. The smallest absolute Gasteiger partial charge is 0.254 e. The number of fused-ring (bicyclic) bond motifs is 2. The number of aryl methyl sites for hydroxylation is 1. The lowest BCUT2D eigenvalue weighted by Gasteiger charge is -2.26. The molecule has 22 heavy (non-hydrogen) atoms. The Bertz CT molecular complexity index is 881. The molecule has 1 aromatic carbocycles. The third-order valence-electron chi connectivity index (χ3n) is 4.01. The predicted octanol–water partition coefficient (Wildman–Crippen LogP) is 2.11. The molecule has 1 aliphatic heterocycles. The van der Waals surface area contributed by atoms with E-state index in [0.29, 0.717) is 23.8 Å². The lowest BCUT2D eigenvalue weighted by Crippen LogP contribution is -2.36. The van der Waals surface area contributed by atoms with Crippen LogP contribution in [0, 0.1) is 6.92 Å². The molecule has 0 fully saturated rings. The number of nitrogens with one attached hydrogen (secondary N) is 1. The largest absolute Gasteiger partial charge is 0.375 e. The summed E-state index contributed by atoms with van der Waals surface area (Å²) in [5, 5.41) is 0.530. The van der Waals surface area contributed by atoms with Crippen LogP contribution in [0.3, 0.4) is 0 Å². The van der Waals surface area contributed by atoms with Gasteiger partial charge < -0.3 is 15.6 Å². The quantitative estimate of drug-likeness (QED) is 0.720. The van der Waals surface area contributed by atoms with Gasteiger partial charge in [0, 0.05) is 18.5 Å². The van der Waals surface area contributed by atoms with Crippen LogP contribution in [0.2, 0.25) is 0 Å². The highest BCUT2D eigenvalue weighted by Gasteiger charge is 2.24. The van der Waals surface area contributed by atoms with Gasteiger partial charge in [0.25, 0.3) is 5.91 Å². The van der Waals surface area contributed by atoms with Crippen molar-refractivity contribution in [3.05, 3.63) is 41.0 Å². The topological polar surface area (TPSA) is 87.9 Å². The summed E-state index contributed by atoms with van der Waals surface area (Å²) in [4.78, 5) is 26.3. The molecule has 0 aliphatic carbocycles. The van der Waals surface area contributed by atoms with Gasteiger partial charge >= 0.3 is 0 Å². The van der Waals surface area contributed by atoms with E-state index < -0.39 is 0 Å². The van der Waals surface area contributed by atoms with Gasteiger partial charge in [0.1, 0.15) is 0 Å².